The van der Waals surface area contributed by atoms with Gasteiger partial charge in [-0.15, -0.1) is 0 Å². The van der Waals surface area contributed by atoms with E-state index in [1.54, 1.807) is 20.2 Å². The summed E-state index contributed by atoms with van der Waals surface area (Å²) in [6.07, 6.45) is 1.69. The van der Waals surface area contributed by atoms with Crippen LogP contribution in [0.3, 0.4) is 0 Å². The van der Waals surface area contributed by atoms with Gasteiger partial charge in [0, 0.05) is 18.3 Å². The number of nitrogens with one attached hydrogen (secondary N) is 3. The zero-order valence-electron chi connectivity index (χ0n) is 19.2. The van der Waals surface area contributed by atoms with Crippen LogP contribution in [0.5, 0.6) is 11.8 Å². The summed E-state index contributed by atoms with van der Waals surface area (Å²) >= 11 is 0. The van der Waals surface area contributed by atoms with Gasteiger partial charge in [-0.2, -0.15) is 0 Å². The van der Waals surface area contributed by atoms with Gasteiger partial charge in [0.25, 0.3) is 0 Å². The summed E-state index contributed by atoms with van der Waals surface area (Å²) in [4.78, 5) is 13.6. The Morgan fingerprint density at radius 2 is 1.97 bits per heavy atom. The molecule has 3 N–H and O–H groups in total. The van der Waals surface area contributed by atoms with Crippen LogP contribution in [-0.4, -0.2) is 40.4 Å². The Labute approximate surface area is 189 Å². The predicted octanol–water partition coefficient (Wildman–Crippen LogP) is 4.77. The number of methoxy groups -OCH3 is 1. The average molecular weight is 435 g/mol. The van der Waals surface area contributed by atoms with E-state index in [-0.39, 0.29) is 6.04 Å². The van der Waals surface area contributed by atoms with E-state index >= 15 is 0 Å². The molecular formula is C24H30N6O2. The Kier molecular flexibility index (Phi) is 7.59. The Bertz CT molecular complexity index is 1080. The number of aromatic nitrogens is 3. The monoisotopic (exact) mass is 434 g/mol. The molecule has 0 spiro atoms. The summed E-state index contributed by atoms with van der Waals surface area (Å²) in [6, 6.07) is 11.5. The van der Waals surface area contributed by atoms with Crippen molar-refractivity contribution >= 4 is 17.1 Å². The van der Waals surface area contributed by atoms with Crippen LogP contribution in [0.25, 0.3) is 11.3 Å². The Hall–Kier alpha value is -3.68. The molecule has 3 rings (SSSR count). The van der Waals surface area contributed by atoms with Gasteiger partial charge in [-0.3, -0.25) is 0 Å². The number of hydrogen-bond acceptors (Lipinski definition) is 8. The molecule has 8 nitrogen and oxygen atoms in total. The van der Waals surface area contributed by atoms with Crippen molar-refractivity contribution in [1.82, 2.24) is 15.0 Å². The third kappa shape index (κ3) is 5.51. The first-order valence-corrected chi connectivity index (χ1v) is 10.6. The highest BCUT2D eigenvalue weighted by atomic mass is 16.5. The Morgan fingerprint density at radius 1 is 1.16 bits per heavy atom. The van der Waals surface area contributed by atoms with Crippen molar-refractivity contribution in [1.29, 1.82) is 5.41 Å². The van der Waals surface area contributed by atoms with E-state index in [4.69, 9.17) is 19.9 Å². The van der Waals surface area contributed by atoms with E-state index in [1.165, 1.54) is 0 Å². The van der Waals surface area contributed by atoms with Gasteiger partial charge in [0.15, 0.2) is 0 Å². The van der Waals surface area contributed by atoms with Crippen LogP contribution >= 0.6 is 0 Å². The molecule has 8 heteroatoms. The Balaban J connectivity index is 2.09. The highest BCUT2D eigenvalue weighted by Gasteiger charge is 2.18. The number of anilines is 2. The molecule has 0 unspecified atom stereocenters. The van der Waals surface area contributed by atoms with Gasteiger partial charge in [0.2, 0.25) is 11.8 Å². The van der Waals surface area contributed by atoms with Crippen molar-refractivity contribution < 1.29 is 9.47 Å². The maximum atomic E-state index is 8.35. The molecule has 168 valence electrons. The van der Waals surface area contributed by atoms with E-state index in [2.05, 4.69) is 34.4 Å². The lowest BCUT2D eigenvalue weighted by atomic mass is 10.1. The van der Waals surface area contributed by atoms with Gasteiger partial charge >= 0.3 is 0 Å². The van der Waals surface area contributed by atoms with Crippen molar-refractivity contribution in [2.24, 2.45) is 0 Å². The molecule has 3 aromatic heterocycles. The zero-order chi connectivity index (χ0) is 23.1. The topological polar surface area (TPSA) is 105 Å². The van der Waals surface area contributed by atoms with Gasteiger partial charge in [-0.05, 0) is 52.0 Å². The maximum Gasteiger partial charge on any atom is 0.222 e. The third-order valence-electron chi connectivity index (χ3n) is 4.59. The van der Waals surface area contributed by atoms with Crippen molar-refractivity contribution in [3.63, 3.8) is 0 Å². The first-order valence-electron chi connectivity index (χ1n) is 10.6. The fourth-order valence-corrected chi connectivity index (χ4v) is 3.22. The van der Waals surface area contributed by atoms with Crippen molar-refractivity contribution in [2.45, 2.75) is 40.3 Å². The largest absolute Gasteiger partial charge is 0.481 e. The van der Waals surface area contributed by atoms with Gasteiger partial charge in [-0.1, -0.05) is 6.07 Å². The number of ether oxygens (including phenoxy) is 2. The zero-order valence-corrected chi connectivity index (χ0v) is 19.2. The SMILES string of the molecule is CCOc1ncccc1-c1cc(NCc2cccc(OC)n2)c(NC(C)C)c(C(C)=N)n1. The molecule has 0 aliphatic heterocycles. The first-order chi connectivity index (χ1) is 15.4. The molecule has 0 saturated heterocycles. The molecule has 3 heterocycles. The molecule has 0 aliphatic rings. The minimum absolute atomic E-state index is 0.161. The molecule has 0 aliphatic carbocycles. The highest BCUT2D eigenvalue weighted by molar-refractivity contribution is 6.03. The van der Waals surface area contributed by atoms with Crippen LogP contribution in [-0.2, 0) is 6.54 Å². The van der Waals surface area contributed by atoms with Crippen LogP contribution in [0.2, 0.25) is 0 Å². The minimum Gasteiger partial charge on any atom is -0.481 e. The smallest absolute Gasteiger partial charge is 0.222 e. The second-order valence-corrected chi connectivity index (χ2v) is 7.52. The summed E-state index contributed by atoms with van der Waals surface area (Å²) in [5.41, 5.74) is 4.82. The van der Waals surface area contributed by atoms with Gasteiger partial charge < -0.3 is 25.5 Å². The van der Waals surface area contributed by atoms with Crippen LogP contribution in [0, 0.1) is 5.41 Å². The van der Waals surface area contributed by atoms with Gasteiger partial charge in [0.1, 0.15) is 5.69 Å². The first kappa shape index (κ1) is 23.0. The lowest BCUT2D eigenvalue weighted by Crippen LogP contribution is -2.17. The van der Waals surface area contributed by atoms with Crippen molar-refractivity contribution in [3.05, 3.63) is 54.0 Å². The van der Waals surface area contributed by atoms with E-state index < -0.39 is 0 Å². The normalized spacial score (nSPS) is 10.7. The van der Waals surface area contributed by atoms with E-state index in [0.717, 1.165) is 22.6 Å². The third-order valence-corrected chi connectivity index (χ3v) is 4.59. The van der Waals surface area contributed by atoms with Crippen molar-refractivity contribution in [3.8, 4) is 23.0 Å². The van der Waals surface area contributed by atoms with Crippen molar-refractivity contribution in [2.75, 3.05) is 24.4 Å². The number of hydrogen-bond donors (Lipinski definition) is 3. The van der Waals surface area contributed by atoms with E-state index in [1.807, 2.05) is 43.3 Å². The van der Waals surface area contributed by atoms with Crippen LogP contribution < -0.4 is 20.1 Å². The van der Waals surface area contributed by atoms with E-state index in [9.17, 15) is 0 Å². The van der Waals surface area contributed by atoms with Crippen LogP contribution in [0.1, 0.15) is 39.1 Å². The highest BCUT2D eigenvalue weighted by Crippen LogP contribution is 2.34. The maximum absolute atomic E-state index is 8.35. The molecule has 0 fully saturated rings. The summed E-state index contributed by atoms with van der Waals surface area (Å²) in [7, 11) is 1.60. The average Bonchev–Trinajstić information content (AvgIpc) is 2.78. The molecule has 0 saturated carbocycles. The standard InChI is InChI=1S/C24H30N6O2/c1-6-32-24-18(10-8-12-26-24)19-13-20(23(28-15(2)3)22(30-19)16(4)25)27-14-17-9-7-11-21(29-17)31-5/h7-13,15,25,28H,6,14H2,1-5H3,(H,27,30). The predicted molar refractivity (Wildman–Crippen MR) is 128 cm³/mol. The minimum atomic E-state index is 0.161. The molecule has 0 amide bonds. The fraction of sp³-hybridized carbons (Fsp3) is 0.333. The second kappa shape index (κ2) is 10.6. The molecule has 3 aromatic rings. The Morgan fingerprint density at radius 3 is 2.66 bits per heavy atom. The number of nitrogens with zero attached hydrogens (tertiary/aromatic N) is 3. The summed E-state index contributed by atoms with van der Waals surface area (Å²) in [5, 5.41) is 15.3. The van der Waals surface area contributed by atoms with Crippen LogP contribution in [0.4, 0.5) is 11.4 Å². The van der Waals surface area contributed by atoms with E-state index in [0.29, 0.717) is 42.0 Å². The second-order valence-electron chi connectivity index (χ2n) is 7.52. The summed E-state index contributed by atoms with van der Waals surface area (Å²) in [6.45, 7) is 8.74. The van der Waals surface area contributed by atoms with Crippen LogP contribution in [0.15, 0.2) is 42.6 Å². The van der Waals surface area contributed by atoms with Gasteiger partial charge in [-0.25, -0.2) is 15.0 Å². The molecule has 0 atom stereocenters. The molecule has 0 radical (unpaired) electrons. The fourth-order valence-electron chi connectivity index (χ4n) is 3.22. The summed E-state index contributed by atoms with van der Waals surface area (Å²) < 4.78 is 11.0. The molecule has 0 aromatic carbocycles. The quantitative estimate of drug-likeness (QED) is 0.395. The number of rotatable bonds is 10. The molecule has 32 heavy (non-hydrogen) atoms. The molecule has 0 bridgehead atoms. The lowest BCUT2D eigenvalue weighted by Gasteiger charge is -2.21. The number of pyridine rings is 3. The summed E-state index contributed by atoms with van der Waals surface area (Å²) in [5.74, 6) is 1.08. The molecular weight excluding hydrogens is 404 g/mol. The van der Waals surface area contributed by atoms with Gasteiger partial charge in [0.05, 0.1) is 54.3 Å². The lowest BCUT2D eigenvalue weighted by molar-refractivity contribution is 0.328.